The van der Waals surface area contributed by atoms with E-state index in [0.717, 1.165) is 12.3 Å². The molecule has 2 aliphatic carbocycles. The summed E-state index contributed by atoms with van der Waals surface area (Å²) in [4.78, 5) is 0. The van der Waals surface area contributed by atoms with Gasteiger partial charge in [-0.05, 0) is 63.4 Å². The first kappa shape index (κ1) is 16.3. The molecule has 0 aliphatic heterocycles. The lowest BCUT2D eigenvalue weighted by Gasteiger charge is -2.10. The molecule has 0 heterocycles. The zero-order valence-corrected chi connectivity index (χ0v) is 13.9. The Morgan fingerprint density at radius 2 is 1.95 bits per heavy atom. The summed E-state index contributed by atoms with van der Waals surface area (Å²) in [6.07, 6.45) is 23.9. The van der Waals surface area contributed by atoms with Gasteiger partial charge >= 0.3 is 0 Å². The van der Waals surface area contributed by atoms with Gasteiger partial charge in [0.2, 0.25) is 0 Å². The highest BCUT2D eigenvalue weighted by Crippen LogP contribution is 2.30. The molecule has 2 aliphatic rings. The molecule has 116 valence electrons. The fourth-order valence-electron chi connectivity index (χ4n) is 3.47. The molecule has 2 rings (SSSR count). The predicted octanol–water partition coefficient (Wildman–Crippen LogP) is 6.91. The van der Waals surface area contributed by atoms with E-state index in [1.807, 2.05) is 0 Å². The molecule has 0 unspecified atom stereocenters. The fraction of sp³-hybridized carbons (Fsp3) is 0.619. The molecule has 0 N–H and O–H groups in total. The lowest BCUT2D eigenvalue weighted by molar-refractivity contribution is 0.497. The molecule has 1 saturated carbocycles. The normalized spacial score (nSPS) is 19.3. The maximum Gasteiger partial charge on any atom is -0.0135 e. The van der Waals surface area contributed by atoms with Crippen LogP contribution in [0.25, 0.3) is 0 Å². The molecular weight excluding hydrogens is 252 g/mol. The van der Waals surface area contributed by atoms with Crippen molar-refractivity contribution < 1.29 is 0 Å². The van der Waals surface area contributed by atoms with E-state index in [1.54, 1.807) is 0 Å². The summed E-state index contributed by atoms with van der Waals surface area (Å²) in [5.41, 5.74) is 4.44. The van der Waals surface area contributed by atoms with Gasteiger partial charge in [-0.1, -0.05) is 67.7 Å². The van der Waals surface area contributed by atoms with Crippen molar-refractivity contribution in [2.24, 2.45) is 5.92 Å². The van der Waals surface area contributed by atoms with Gasteiger partial charge < -0.3 is 0 Å². The summed E-state index contributed by atoms with van der Waals surface area (Å²) in [7, 11) is 0. The van der Waals surface area contributed by atoms with Gasteiger partial charge in [0, 0.05) is 0 Å². The minimum Gasteiger partial charge on any atom is -0.0999 e. The van der Waals surface area contributed by atoms with Gasteiger partial charge in [0.25, 0.3) is 0 Å². The quantitative estimate of drug-likeness (QED) is 0.335. The van der Waals surface area contributed by atoms with Crippen LogP contribution in [0, 0.1) is 5.92 Å². The molecule has 0 saturated heterocycles. The van der Waals surface area contributed by atoms with Crippen LogP contribution < -0.4 is 0 Å². The topological polar surface area (TPSA) is 0 Å². The van der Waals surface area contributed by atoms with Crippen molar-refractivity contribution in [3.8, 4) is 0 Å². The van der Waals surface area contributed by atoms with Crippen molar-refractivity contribution in [1.29, 1.82) is 0 Å². The van der Waals surface area contributed by atoms with Crippen LogP contribution in [0.5, 0.6) is 0 Å². The Hall–Kier alpha value is -1.04. The second-order valence-electron chi connectivity index (χ2n) is 7.01. The van der Waals surface area contributed by atoms with Crippen molar-refractivity contribution in [2.75, 3.05) is 0 Å². The van der Waals surface area contributed by atoms with Crippen molar-refractivity contribution in [3.05, 3.63) is 47.6 Å². The SMILES string of the molecule is C=C(CCCCC1=CC=C(C)CC=C1)CCC1CCCC1. The highest BCUT2D eigenvalue weighted by molar-refractivity contribution is 5.30. The van der Waals surface area contributed by atoms with Crippen LogP contribution in [-0.2, 0) is 0 Å². The van der Waals surface area contributed by atoms with Gasteiger partial charge in [-0.25, -0.2) is 0 Å². The summed E-state index contributed by atoms with van der Waals surface area (Å²) >= 11 is 0. The van der Waals surface area contributed by atoms with Crippen molar-refractivity contribution in [2.45, 2.75) is 77.6 Å². The van der Waals surface area contributed by atoms with Crippen LogP contribution in [0.15, 0.2) is 47.6 Å². The van der Waals surface area contributed by atoms with E-state index < -0.39 is 0 Å². The van der Waals surface area contributed by atoms with Crippen LogP contribution in [0.2, 0.25) is 0 Å². The van der Waals surface area contributed by atoms with Crippen LogP contribution in [0.1, 0.15) is 77.6 Å². The Bertz CT molecular complexity index is 413. The number of hydrogen-bond acceptors (Lipinski definition) is 0. The third-order valence-electron chi connectivity index (χ3n) is 4.98. The molecule has 0 atom stereocenters. The number of rotatable bonds is 8. The van der Waals surface area contributed by atoms with Gasteiger partial charge in [0.1, 0.15) is 0 Å². The van der Waals surface area contributed by atoms with Crippen molar-refractivity contribution in [3.63, 3.8) is 0 Å². The highest BCUT2D eigenvalue weighted by Gasteiger charge is 2.14. The van der Waals surface area contributed by atoms with Gasteiger partial charge in [-0.3, -0.25) is 0 Å². The Kier molecular flexibility index (Phi) is 7.06. The van der Waals surface area contributed by atoms with Gasteiger partial charge in [-0.15, -0.1) is 0 Å². The second kappa shape index (κ2) is 9.07. The van der Waals surface area contributed by atoms with E-state index in [1.165, 1.54) is 80.9 Å². The highest BCUT2D eigenvalue weighted by atomic mass is 14.2. The average molecular weight is 284 g/mol. The first-order valence-corrected chi connectivity index (χ1v) is 8.93. The molecule has 0 nitrogen and oxygen atoms in total. The lowest BCUT2D eigenvalue weighted by Crippen LogP contribution is -1.94. The molecule has 0 heteroatoms. The minimum absolute atomic E-state index is 1.01. The lowest BCUT2D eigenvalue weighted by atomic mass is 9.96. The summed E-state index contributed by atoms with van der Waals surface area (Å²) in [5.74, 6) is 1.01. The van der Waals surface area contributed by atoms with E-state index in [2.05, 4.69) is 37.8 Å². The minimum atomic E-state index is 1.01. The average Bonchev–Trinajstić information content (AvgIpc) is 2.91. The summed E-state index contributed by atoms with van der Waals surface area (Å²) in [5, 5.41) is 0. The first-order chi connectivity index (χ1) is 10.2. The Morgan fingerprint density at radius 3 is 2.76 bits per heavy atom. The second-order valence-corrected chi connectivity index (χ2v) is 7.01. The number of allylic oxidation sites excluding steroid dienone is 7. The first-order valence-electron chi connectivity index (χ1n) is 8.93. The molecule has 0 bridgehead atoms. The molecule has 0 aromatic heterocycles. The molecule has 0 aromatic rings. The van der Waals surface area contributed by atoms with Crippen LogP contribution in [-0.4, -0.2) is 0 Å². The Balaban J connectivity index is 1.55. The Morgan fingerprint density at radius 1 is 1.14 bits per heavy atom. The maximum atomic E-state index is 4.29. The summed E-state index contributed by atoms with van der Waals surface area (Å²) < 4.78 is 0. The Labute approximate surface area is 131 Å². The van der Waals surface area contributed by atoms with E-state index in [0.29, 0.717) is 0 Å². The largest absolute Gasteiger partial charge is 0.0999 e. The molecule has 0 spiro atoms. The van der Waals surface area contributed by atoms with Gasteiger partial charge in [0.05, 0.1) is 0 Å². The van der Waals surface area contributed by atoms with E-state index in [9.17, 15) is 0 Å². The monoisotopic (exact) mass is 284 g/mol. The van der Waals surface area contributed by atoms with Crippen LogP contribution in [0.4, 0.5) is 0 Å². The standard InChI is InChI=1S/C21H32/c1-18(14-16-20-11-5-6-12-20)8-3-4-10-21-13-7-9-19(2)15-17-21/h7,13,15,17,20H,1,3-6,8-12,14,16H2,2H3. The van der Waals surface area contributed by atoms with E-state index in [-0.39, 0.29) is 0 Å². The maximum absolute atomic E-state index is 4.29. The summed E-state index contributed by atoms with van der Waals surface area (Å²) in [6, 6.07) is 0. The van der Waals surface area contributed by atoms with E-state index >= 15 is 0 Å². The smallest absolute Gasteiger partial charge is 0.0135 e. The number of unbranched alkanes of at least 4 members (excludes halogenated alkanes) is 1. The molecule has 0 aromatic carbocycles. The zero-order valence-electron chi connectivity index (χ0n) is 13.9. The summed E-state index contributed by atoms with van der Waals surface area (Å²) in [6.45, 7) is 6.49. The van der Waals surface area contributed by atoms with E-state index in [4.69, 9.17) is 0 Å². The molecule has 21 heavy (non-hydrogen) atoms. The van der Waals surface area contributed by atoms with Crippen LogP contribution >= 0.6 is 0 Å². The van der Waals surface area contributed by atoms with Gasteiger partial charge in [0.15, 0.2) is 0 Å². The molecule has 0 amide bonds. The molecule has 0 radical (unpaired) electrons. The predicted molar refractivity (Wildman–Crippen MR) is 94.4 cm³/mol. The number of hydrogen-bond donors (Lipinski definition) is 0. The third kappa shape index (κ3) is 6.50. The van der Waals surface area contributed by atoms with Crippen molar-refractivity contribution in [1.82, 2.24) is 0 Å². The van der Waals surface area contributed by atoms with Gasteiger partial charge in [-0.2, -0.15) is 0 Å². The third-order valence-corrected chi connectivity index (χ3v) is 4.98. The van der Waals surface area contributed by atoms with Crippen LogP contribution in [0.3, 0.4) is 0 Å². The fourth-order valence-corrected chi connectivity index (χ4v) is 3.47. The van der Waals surface area contributed by atoms with Crippen molar-refractivity contribution >= 4 is 0 Å². The zero-order chi connectivity index (χ0) is 14.9. The molecule has 1 fully saturated rings. The molecular formula is C21H32.